The van der Waals surface area contributed by atoms with Crippen LogP contribution in [0.4, 0.5) is 5.69 Å². The maximum atomic E-state index is 3.92. The molecule has 1 N–H and O–H groups in total. The van der Waals surface area contributed by atoms with Gasteiger partial charge in [-0.15, -0.1) is 5.10 Å². The van der Waals surface area contributed by atoms with E-state index in [1.807, 2.05) is 11.8 Å². The van der Waals surface area contributed by atoms with E-state index in [9.17, 15) is 0 Å². The van der Waals surface area contributed by atoms with Crippen molar-refractivity contribution >= 4 is 17.4 Å². The van der Waals surface area contributed by atoms with Crippen LogP contribution < -0.4 is 5.32 Å². The lowest BCUT2D eigenvalue weighted by Gasteiger charge is -2.24. The van der Waals surface area contributed by atoms with Crippen molar-refractivity contribution in [2.45, 2.75) is 25.8 Å². The first-order valence-electron chi connectivity index (χ1n) is 6.51. The van der Waals surface area contributed by atoms with E-state index >= 15 is 0 Å². The van der Waals surface area contributed by atoms with Crippen molar-refractivity contribution in [2.24, 2.45) is 0 Å². The Balaban J connectivity index is 1.75. The highest BCUT2D eigenvalue weighted by Crippen LogP contribution is 2.23. The van der Waals surface area contributed by atoms with Gasteiger partial charge in [0.25, 0.3) is 0 Å². The molecule has 1 aromatic carbocycles. The number of nitrogens with zero attached hydrogens (tertiary/aromatic N) is 4. The van der Waals surface area contributed by atoms with E-state index in [1.54, 1.807) is 11.0 Å². The third-order valence-electron chi connectivity index (χ3n) is 3.32. The molecule has 2 heterocycles. The van der Waals surface area contributed by atoms with Crippen molar-refractivity contribution in [3.8, 4) is 5.69 Å². The van der Waals surface area contributed by atoms with E-state index < -0.39 is 0 Å². The van der Waals surface area contributed by atoms with Gasteiger partial charge in [0, 0.05) is 17.5 Å². The van der Waals surface area contributed by atoms with Crippen LogP contribution >= 0.6 is 11.8 Å². The van der Waals surface area contributed by atoms with E-state index in [-0.39, 0.29) is 0 Å². The molecule has 1 aliphatic heterocycles. The average molecular weight is 275 g/mol. The molecule has 100 valence electrons. The van der Waals surface area contributed by atoms with Gasteiger partial charge >= 0.3 is 0 Å². The summed E-state index contributed by atoms with van der Waals surface area (Å²) in [4.78, 5) is 0. The summed E-state index contributed by atoms with van der Waals surface area (Å²) in [6.07, 6.45) is 4.19. The molecule has 0 radical (unpaired) electrons. The fraction of sp³-hybridized carbons (Fsp3) is 0.462. The number of tetrazole rings is 1. The number of thioether (sulfide) groups is 1. The van der Waals surface area contributed by atoms with Crippen LogP contribution in [0.25, 0.3) is 5.69 Å². The second kappa shape index (κ2) is 5.61. The standard InChI is InChI=1S/C13H17N5S/c1-10-7-11(15-12-3-2-6-19-8-12)4-5-13(10)18-9-14-16-17-18/h4-5,7,9,12,15H,2-3,6,8H2,1H3. The number of hydrogen-bond acceptors (Lipinski definition) is 5. The summed E-state index contributed by atoms with van der Waals surface area (Å²) in [5, 5.41) is 14.9. The fourth-order valence-electron chi connectivity index (χ4n) is 2.36. The fourth-order valence-corrected chi connectivity index (χ4v) is 3.44. The predicted octanol–water partition coefficient (Wildman–Crippen LogP) is 2.28. The first-order chi connectivity index (χ1) is 9.33. The van der Waals surface area contributed by atoms with Crippen LogP contribution in [0.15, 0.2) is 24.5 Å². The Morgan fingerprint density at radius 2 is 2.37 bits per heavy atom. The van der Waals surface area contributed by atoms with Crippen molar-refractivity contribution in [3.05, 3.63) is 30.1 Å². The molecule has 6 heteroatoms. The molecule has 3 rings (SSSR count). The minimum absolute atomic E-state index is 0.594. The molecular weight excluding hydrogens is 258 g/mol. The summed E-state index contributed by atoms with van der Waals surface area (Å²) in [7, 11) is 0. The van der Waals surface area contributed by atoms with E-state index in [2.05, 4.69) is 46.0 Å². The van der Waals surface area contributed by atoms with E-state index in [0.29, 0.717) is 6.04 Å². The van der Waals surface area contributed by atoms with Gasteiger partial charge in [-0.25, -0.2) is 4.68 Å². The summed E-state index contributed by atoms with van der Waals surface area (Å²) in [5.74, 6) is 2.50. The summed E-state index contributed by atoms with van der Waals surface area (Å²) >= 11 is 2.03. The number of aryl methyl sites for hydroxylation is 1. The first kappa shape index (κ1) is 12.5. The van der Waals surface area contributed by atoms with Crippen molar-refractivity contribution in [2.75, 3.05) is 16.8 Å². The molecule has 1 atom stereocenters. The molecular formula is C13H17N5S. The Bertz CT molecular complexity index is 534. The van der Waals surface area contributed by atoms with E-state index in [0.717, 1.165) is 5.69 Å². The zero-order chi connectivity index (χ0) is 13.1. The summed E-state index contributed by atoms with van der Waals surface area (Å²) in [5.41, 5.74) is 3.37. The lowest BCUT2D eigenvalue weighted by molar-refractivity contribution is 0.685. The van der Waals surface area contributed by atoms with Crippen LogP contribution in [0.3, 0.4) is 0 Å². The summed E-state index contributed by atoms with van der Waals surface area (Å²) < 4.78 is 1.69. The SMILES string of the molecule is Cc1cc(NC2CCCSC2)ccc1-n1cnnn1. The number of anilines is 1. The molecule has 1 aliphatic rings. The first-order valence-corrected chi connectivity index (χ1v) is 7.67. The smallest absolute Gasteiger partial charge is 0.143 e. The number of aromatic nitrogens is 4. The van der Waals surface area contributed by atoms with Gasteiger partial charge in [-0.3, -0.25) is 0 Å². The number of hydrogen-bond donors (Lipinski definition) is 1. The molecule has 1 unspecified atom stereocenters. The highest BCUT2D eigenvalue weighted by atomic mass is 32.2. The van der Waals surface area contributed by atoms with Gasteiger partial charge in [0.1, 0.15) is 6.33 Å². The summed E-state index contributed by atoms with van der Waals surface area (Å²) in [6, 6.07) is 6.92. The molecule has 5 nitrogen and oxygen atoms in total. The Morgan fingerprint density at radius 3 is 3.05 bits per heavy atom. The Hall–Kier alpha value is -1.56. The van der Waals surface area contributed by atoms with Crippen LogP contribution in [0.1, 0.15) is 18.4 Å². The molecule has 0 saturated carbocycles. The lowest BCUT2D eigenvalue weighted by Crippen LogP contribution is -2.25. The van der Waals surface area contributed by atoms with Crippen LogP contribution in [-0.2, 0) is 0 Å². The number of rotatable bonds is 3. The minimum Gasteiger partial charge on any atom is -0.381 e. The maximum Gasteiger partial charge on any atom is 0.143 e. The van der Waals surface area contributed by atoms with Crippen LogP contribution in [0.2, 0.25) is 0 Å². The largest absolute Gasteiger partial charge is 0.381 e. The topological polar surface area (TPSA) is 55.6 Å². The van der Waals surface area contributed by atoms with Gasteiger partial charge in [-0.2, -0.15) is 11.8 Å². The molecule has 1 fully saturated rings. The molecule has 2 aromatic rings. The Morgan fingerprint density at radius 1 is 1.42 bits per heavy atom. The summed E-state index contributed by atoms with van der Waals surface area (Å²) in [6.45, 7) is 2.08. The monoisotopic (exact) mass is 275 g/mol. The van der Waals surface area contributed by atoms with Crippen molar-refractivity contribution in [3.63, 3.8) is 0 Å². The van der Waals surface area contributed by atoms with Crippen LogP contribution in [0, 0.1) is 6.92 Å². The number of nitrogens with one attached hydrogen (secondary N) is 1. The molecule has 0 spiro atoms. The van der Waals surface area contributed by atoms with Crippen LogP contribution in [0.5, 0.6) is 0 Å². The van der Waals surface area contributed by atoms with E-state index in [1.165, 1.54) is 35.6 Å². The van der Waals surface area contributed by atoms with E-state index in [4.69, 9.17) is 0 Å². The van der Waals surface area contributed by atoms with Gasteiger partial charge < -0.3 is 5.32 Å². The molecule has 0 aliphatic carbocycles. The second-order valence-electron chi connectivity index (χ2n) is 4.81. The van der Waals surface area contributed by atoms with Gasteiger partial charge in [-0.05, 0) is 59.7 Å². The van der Waals surface area contributed by atoms with Crippen molar-refractivity contribution in [1.82, 2.24) is 20.2 Å². The predicted molar refractivity (Wildman–Crippen MR) is 77.9 cm³/mol. The lowest BCUT2D eigenvalue weighted by atomic mass is 10.1. The molecule has 0 bridgehead atoms. The van der Waals surface area contributed by atoms with Gasteiger partial charge in [-0.1, -0.05) is 0 Å². The van der Waals surface area contributed by atoms with Crippen LogP contribution in [-0.4, -0.2) is 37.8 Å². The molecule has 1 saturated heterocycles. The minimum atomic E-state index is 0.594. The maximum absolute atomic E-state index is 3.92. The third kappa shape index (κ3) is 2.89. The number of benzene rings is 1. The Kier molecular flexibility index (Phi) is 3.68. The highest BCUT2D eigenvalue weighted by molar-refractivity contribution is 7.99. The van der Waals surface area contributed by atoms with Gasteiger partial charge in [0.2, 0.25) is 0 Å². The van der Waals surface area contributed by atoms with Gasteiger partial charge in [0.15, 0.2) is 0 Å². The van der Waals surface area contributed by atoms with Crippen molar-refractivity contribution < 1.29 is 0 Å². The molecule has 19 heavy (non-hydrogen) atoms. The highest BCUT2D eigenvalue weighted by Gasteiger charge is 2.13. The third-order valence-corrected chi connectivity index (χ3v) is 4.54. The van der Waals surface area contributed by atoms with Crippen molar-refractivity contribution in [1.29, 1.82) is 0 Å². The molecule has 1 aromatic heterocycles. The average Bonchev–Trinajstić information content (AvgIpc) is 2.94. The normalized spacial score (nSPS) is 19.3. The van der Waals surface area contributed by atoms with Gasteiger partial charge in [0.05, 0.1) is 5.69 Å². The second-order valence-corrected chi connectivity index (χ2v) is 5.96. The quantitative estimate of drug-likeness (QED) is 0.931. The Labute approximate surface area is 116 Å². The molecule has 0 amide bonds. The zero-order valence-corrected chi connectivity index (χ0v) is 11.7. The zero-order valence-electron chi connectivity index (χ0n) is 10.9.